The first-order valence-corrected chi connectivity index (χ1v) is 32.4. The summed E-state index contributed by atoms with van der Waals surface area (Å²) < 4.78 is 0. The first-order chi connectivity index (χ1) is 40.0. The van der Waals surface area contributed by atoms with Crippen molar-refractivity contribution in [2.45, 2.75) is 218 Å². The van der Waals surface area contributed by atoms with Crippen LogP contribution in [0.25, 0.3) is 0 Å². The van der Waals surface area contributed by atoms with E-state index in [1.54, 1.807) is 0 Å². The molecule has 0 radical (unpaired) electrons. The van der Waals surface area contributed by atoms with E-state index in [0.717, 1.165) is 50.5 Å². The maximum absolute atomic E-state index is 11.5. The summed E-state index contributed by atoms with van der Waals surface area (Å²) >= 11 is 0. The Hall–Kier alpha value is -5.80. The normalized spacial score (nSPS) is 31.6. The van der Waals surface area contributed by atoms with Gasteiger partial charge < -0.3 is 42.5 Å². The van der Waals surface area contributed by atoms with Crippen LogP contribution >= 0.6 is 0 Å². The fourth-order valence-electron chi connectivity index (χ4n) is 12.8. The molecule has 11 rings (SSSR count). The number of hydrogen-bond donors (Lipinski definition) is 8. The molecule has 1 saturated carbocycles. The summed E-state index contributed by atoms with van der Waals surface area (Å²) in [4.78, 5) is 88.3. The van der Waals surface area contributed by atoms with Crippen molar-refractivity contribution in [2.75, 3.05) is 26.2 Å². The van der Waals surface area contributed by atoms with Gasteiger partial charge in [0.15, 0.2) is 0 Å². The number of amides is 8. The van der Waals surface area contributed by atoms with Gasteiger partial charge in [-0.3, -0.25) is 38.4 Å². The Morgan fingerprint density at radius 3 is 1.40 bits per heavy atom. The summed E-state index contributed by atoms with van der Waals surface area (Å²) in [5.41, 5.74) is 2.63. The Morgan fingerprint density at radius 2 is 1.08 bits per heavy atom. The van der Waals surface area contributed by atoms with E-state index in [-0.39, 0.29) is 86.8 Å². The molecule has 0 aromatic heterocycles. The SMILES string of the molecule is CC1(C)CNC(=O)C1.CC1CC(=O)NC1(C)C.CC1CC(=O)NC1C1CCCCC1.CC1CC(=O)NC1Cc1ccccc1.CC1CNC(=O)C1(C)C.CC1CNC(=O)C1C(C)(C)C.CC1CNC(=O)C1c1ccccc1.CC1NC(=O)C(C)C1C. The van der Waals surface area contributed by atoms with Gasteiger partial charge in [0, 0.05) is 92.8 Å². The lowest BCUT2D eigenvalue weighted by Gasteiger charge is -2.29. The molecule has 0 bridgehead atoms. The number of hydrogen-bond acceptors (Lipinski definition) is 8. The predicted octanol–water partition coefficient (Wildman–Crippen LogP) is 9.80. The second-order valence-corrected chi connectivity index (χ2v) is 29.7. The lowest BCUT2D eigenvalue weighted by Crippen LogP contribution is -2.38. The molecule has 8 amide bonds. The van der Waals surface area contributed by atoms with Crippen LogP contribution in [0.1, 0.15) is 199 Å². The molecule has 2 aromatic carbocycles. The van der Waals surface area contributed by atoms with Crippen LogP contribution in [0.5, 0.6) is 0 Å². The molecule has 1 aliphatic carbocycles. The number of carbonyl (C=O) groups is 8. The maximum Gasteiger partial charge on any atom is 0.227 e. The summed E-state index contributed by atoms with van der Waals surface area (Å²) in [7, 11) is 0. The molecule has 16 nitrogen and oxygen atoms in total. The molecule has 86 heavy (non-hydrogen) atoms. The maximum atomic E-state index is 11.5. The van der Waals surface area contributed by atoms with E-state index in [0.29, 0.717) is 78.8 Å². The number of rotatable bonds is 4. The highest BCUT2D eigenvalue weighted by Crippen LogP contribution is 2.36. The van der Waals surface area contributed by atoms with Crippen LogP contribution in [0.3, 0.4) is 0 Å². The van der Waals surface area contributed by atoms with E-state index in [1.165, 1.54) is 37.7 Å². The fraction of sp³-hybridized carbons (Fsp3) is 0.714. The van der Waals surface area contributed by atoms with Crippen molar-refractivity contribution < 1.29 is 38.4 Å². The van der Waals surface area contributed by atoms with Gasteiger partial charge in [-0.1, -0.05) is 184 Å². The molecule has 9 fully saturated rings. The summed E-state index contributed by atoms with van der Waals surface area (Å²) in [6, 6.07) is 21.5. The molecule has 0 spiro atoms. The van der Waals surface area contributed by atoms with Crippen LogP contribution < -0.4 is 42.5 Å². The van der Waals surface area contributed by atoms with Gasteiger partial charge in [-0.25, -0.2) is 0 Å². The zero-order valence-electron chi connectivity index (χ0n) is 56.0. The minimum atomic E-state index is -0.139. The predicted molar refractivity (Wildman–Crippen MR) is 344 cm³/mol. The Kier molecular flexibility index (Phi) is 27.4. The molecule has 9 aliphatic rings. The quantitative estimate of drug-likeness (QED) is 0.146. The Balaban J connectivity index is 0.000000212. The lowest BCUT2D eigenvalue weighted by atomic mass is 9.75. The minimum absolute atomic E-state index is 0.0249. The van der Waals surface area contributed by atoms with Gasteiger partial charge in [0.1, 0.15) is 0 Å². The minimum Gasteiger partial charge on any atom is -0.356 e. The second-order valence-electron chi connectivity index (χ2n) is 29.7. The molecule has 16 heteroatoms. The van der Waals surface area contributed by atoms with E-state index in [2.05, 4.69) is 152 Å². The average Bonchev–Trinajstić information content (AvgIpc) is 3.79. The third-order valence-electron chi connectivity index (χ3n) is 19.8. The standard InChI is InChI=1S/C12H15NO.C11H13NO.C11H19NO.C9H17NO.3C7H13NO.C6H11NO/c1-9-7-12(14)13-11(9)8-10-5-3-2-4-6-10;1-8-7-12-11(13)10(8)9-5-3-2-4-6-9;1-8-7-10(13)12-11(8)9-5-3-2-4-6-9;1-6-5-10-8(11)7(6)9(2,3)4;1-5-4-8-6(9)7(5,2)3;1-5-4-6(9)8-7(5,2)3;1-4-5(2)7(9)8-6(4)3;1-6(2)3-5(8)7-4-6/h2-6,9,11H,7-8H2,1H3,(H,13,14);2-6,8,10H,7H2,1H3,(H,12,13);8-9,11H,2-7H2,1H3,(H,12,13);6-7H,5H2,1-4H3,(H,10,11);2*5H,4H2,1-3H3,(H,8,9);4-6H,1-3H3,(H,8,9);3-4H2,1-2H3,(H,7,8). The third-order valence-corrected chi connectivity index (χ3v) is 19.8. The van der Waals surface area contributed by atoms with Crippen LogP contribution in [0, 0.1) is 75.4 Å². The Morgan fingerprint density at radius 1 is 0.523 bits per heavy atom. The van der Waals surface area contributed by atoms with Crippen molar-refractivity contribution in [1.29, 1.82) is 0 Å². The summed E-state index contributed by atoms with van der Waals surface area (Å²) in [6.45, 7) is 40.9. The first-order valence-electron chi connectivity index (χ1n) is 32.4. The van der Waals surface area contributed by atoms with Crippen LogP contribution in [-0.4, -0.2) is 97.1 Å². The van der Waals surface area contributed by atoms with E-state index in [9.17, 15) is 38.4 Å². The molecular formula is C70H114N8O8. The van der Waals surface area contributed by atoms with Crippen molar-refractivity contribution in [1.82, 2.24) is 42.5 Å². The van der Waals surface area contributed by atoms with Gasteiger partial charge >= 0.3 is 0 Å². The largest absolute Gasteiger partial charge is 0.356 e. The van der Waals surface area contributed by atoms with Gasteiger partial charge in [-0.05, 0) is 109 Å². The van der Waals surface area contributed by atoms with Crippen LogP contribution in [0.15, 0.2) is 60.7 Å². The van der Waals surface area contributed by atoms with E-state index in [4.69, 9.17) is 0 Å². The molecule has 8 heterocycles. The first kappa shape index (κ1) is 72.7. The highest BCUT2D eigenvalue weighted by Gasteiger charge is 2.41. The van der Waals surface area contributed by atoms with Crippen molar-refractivity contribution in [3.63, 3.8) is 0 Å². The van der Waals surface area contributed by atoms with E-state index < -0.39 is 0 Å². The number of carbonyl (C=O) groups excluding carboxylic acids is 8. The molecule has 13 atom stereocenters. The topological polar surface area (TPSA) is 233 Å². The summed E-state index contributed by atoms with van der Waals surface area (Å²) in [5.74, 6) is 6.24. The van der Waals surface area contributed by atoms with E-state index >= 15 is 0 Å². The zero-order valence-corrected chi connectivity index (χ0v) is 56.0. The monoisotopic (exact) mass is 1190 g/mol. The number of nitrogens with one attached hydrogen (secondary N) is 8. The lowest BCUT2D eigenvalue weighted by molar-refractivity contribution is -0.127. The van der Waals surface area contributed by atoms with E-state index in [1.807, 2.05) is 76.2 Å². The molecule has 8 saturated heterocycles. The van der Waals surface area contributed by atoms with Gasteiger partial charge in [-0.15, -0.1) is 0 Å². The van der Waals surface area contributed by atoms with Gasteiger partial charge in [0.2, 0.25) is 47.3 Å². The summed E-state index contributed by atoms with van der Waals surface area (Å²) in [5, 5.41) is 23.3. The third kappa shape index (κ3) is 22.1. The fourth-order valence-corrected chi connectivity index (χ4v) is 12.8. The molecule has 13 unspecified atom stereocenters. The number of benzene rings is 2. The molecule has 482 valence electrons. The van der Waals surface area contributed by atoms with Crippen LogP contribution in [0.4, 0.5) is 0 Å². The smallest absolute Gasteiger partial charge is 0.227 e. The van der Waals surface area contributed by atoms with Crippen molar-refractivity contribution in [2.24, 2.45) is 75.4 Å². The Bertz CT molecular complexity index is 2540. The Labute approximate surface area is 517 Å². The van der Waals surface area contributed by atoms with Gasteiger partial charge in [0.25, 0.3) is 0 Å². The van der Waals surface area contributed by atoms with Crippen molar-refractivity contribution in [3.05, 3.63) is 71.8 Å². The van der Waals surface area contributed by atoms with Crippen molar-refractivity contribution >= 4 is 47.3 Å². The summed E-state index contributed by atoms with van der Waals surface area (Å²) in [6.07, 6.45) is 10.5. The van der Waals surface area contributed by atoms with Gasteiger partial charge in [0.05, 0.1) is 5.92 Å². The average molecular weight is 1200 g/mol. The zero-order chi connectivity index (χ0) is 64.5. The van der Waals surface area contributed by atoms with Crippen molar-refractivity contribution in [3.8, 4) is 0 Å². The van der Waals surface area contributed by atoms with Gasteiger partial charge in [-0.2, -0.15) is 0 Å². The highest BCUT2D eigenvalue weighted by molar-refractivity contribution is 5.86. The van der Waals surface area contributed by atoms with Crippen LogP contribution in [-0.2, 0) is 44.8 Å². The molecule has 8 aliphatic heterocycles. The second kappa shape index (κ2) is 32.4. The highest BCUT2D eigenvalue weighted by atomic mass is 16.2. The molecular weight excluding hydrogens is 1080 g/mol. The molecule has 8 N–H and O–H groups in total. The molecule has 2 aromatic rings. The van der Waals surface area contributed by atoms with Crippen LogP contribution in [0.2, 0.25) is 0 Å².